The van der Waals surface area contributed by atoms with Crippen molar-refractivity contribution in [2.75, 3.05) is 19.8 Å². The van der Waals surface area contributed by atoms with Crippen LogP contribution in [0, 0.1) is 6.92 Å². The van der Waals surface area contributed by atoms with Gasteiger partial charge < -0.3 is 19.5 Å². The van der Waals surface area contributed by atoms with Crippen molar-refractivity contribution in [2.24, 2.45) is 4.99 Å². The number of aliphatic imine (C=N–C) groups is 1. The van der Waals surface area contributed by atoms with E-state index in [2.05, 4.69) is 26.2 Å². The summed E-state index contributed by atoms with van der Waals surface area (Å²) in [7, 11) is 0. The molecule has 1 aliphatic rings. The third kappa shape index (κ3) is 6.52. The van der Waals surface area contributed by atoms with Crippen LogP contribution in [0.15, 0.2) is 44.7 Å². The predicted octanol–water partition coefficient (Wildman–Crippen LogP) is 5.64. The first kappa shape index (κ1) is 25.1. The number of esters is 1. The van der Waals surface area contributed by atoms with Crippen molar-refractivity contribution in [3.63, 3.8) is 0 Å². The monoisotopic (exact) mass is 552 g/mol. The topological polar surface area (TPSA) is 86.2 Å². The Morgan fingerprint density at radius 1 is 1.21 bits per heavy atom. The van der Waals surface area contributed by atoms with Crippen LogP contribution in [0.25, 0.3) is 6.08 Å². The predicted molar refractivity (Wildman–Crippen MR) is 134 cm³/mol. The molecule has 1 N–H and O–H groups in total. The first-order valence-electron chi connectivity index (χ1n) is 10.1. The van der Waals surface area contributed by atoms with E-state index in [1.165, 1.54) is 11.8 Å². The number of carbonyl (C=O) groups excluding carboxylic acids is 2. The Hall–Kier alpha value is -2.49. The lowest BCUT2D eigenvalue weighted by Gasteiger charge is -2.13. The normalized spacial score (nSPS) is 15.6. The maximum Gasteiger partial charge on any atom is 0.344 e. The fourth-order valence-corrected chi connectivity index (χ4v) is 4.26. The summed E-state index contributed by atoms with van der Waals surface area (Å²) in [4.78, 5) is 29.2. The second-order valence-corrected chi connectivity index (χ2v) is 9.01. The molecule has 1 aliphatic heterocycles. The molecule has 0 spiro atoms. The lowest BCUT2D eigenvalue weighted by molar-refractivity contribution is -0.145. The number of rotatable bonds is 8. The van der Waals surface area contributed by atoms with Crippen molar-refractivity contribution in [1.82, 2.24) is 5.32 Å². The lowest BCUT2D eigenvalue weighted by atomic mass is 10.2. The van der Waals surface area contributed by atoms with Crippen LogP contribution in [0.5, 0.6) is 11.5 Å². The Kier molecular flexibility index (Phi) is 8.82. The van der Waals surface area contributed by atoms with Gasteiger partial charge in [-0.15, -0.1) is 0 Å². The van der Waals surface area contributed by atoms with Gasteiger partial charge >= 0.3 is 5.97 Å². The van der Waals surface area contributed by atoms with E-state index >= 15 is 0 Å². The Morgan fingerprint density at radius 3 is 2.70 bits per heavy atom. The van der Waals surface area contributed by atoms with Gasteiger partial charge in [-0.2, -0.15) is 0 Å². The Morgan fingerprint density at radius 2 is 1.97 bits per heavy atom. The molecule has 0 atom stereocenters. The molecule has 2 aromatic rings. The zero-order valence-electron chi connectivity index (χ0n) is 18.2. The maximum absolute atomic E-state index is 12.5. The largest absolute Gasteiger partial charge is 0.490 e. The highest BCUT2D eigenvalue weighted by Crippen LogP contribution is 2.37. The van der Waals surface area contributed by atoms with Crippen molar-refractivity contribution in [1.29, 1.82) is 0 Å². The van der Waals surface area contributed by atoms with E-state index in [4.69, 9.17) is 25.8 Å². The molecule has 0 unspecified atom stereocenters. The minimum atomic E-state index is -0.469. The van der Waals surface area contributed by atoms with Crippen molar-refractivity contribution in [3.05, 3.63) is 55.9 Å². The number of amidine groups is 1. The molecule has 1 amide bonds. The minimum Gasteiger partial charge on any atom is -0.490 e. The van der Waals surface area contributed by atoms with Crippen molar-refractivity contribution >= 4 is 68.1 Å². The standard InChI is InChI=1S/C23H22BrClN2O5S/c1-4-30-18-9-14(15(24)11-19(18)32-12-21(28)31-5-2)10-20-22(29)27-23(33-20)26-17-8-6-7-16(25)13(17)3/h6-11H,4-5,12H2,1-3H3,(H,26,27,29)/b20-10+. The van der Waals surface area contributed by atoms with Crippen LogP contribution < -0.4 is 14.8 Å². The van der Waals surface area contributed by atoms with Crippen LogP contribution in [-0.4, -0.2) is 36.9 Å². The molecule has 0 aliphatic carbocycles. The van der Waals surface area contributed by atoms with E-state index in [9.17, 15) is 9.59 Å². The molecule has 1 fully saturated rings. The lowest BCUT2D eigenvalue weighted by Crippen LogP contribution is -2.19. The van der Waals surface area contributed by atoms with Gasteiger partial charge in [0, 0.05) is 9.50 Å². The summed E-state index contributed by atoms with van der Waals surface area (Å²) in [6.07, 6.45) is 1.73. The van der Waals surface area contributed by atoms with E-state index in [0.717, 1.165) is 5.56 Å². The van der Waals surface area contributed by atoms with Crippen molar-refractivity contribution < 1.29 is 23.8 Å². The van der Waals surface area contributed by atoms with E-state index in [1.807, 2.05) is 26.0 Å². The van der Waals surface area contributed by atoms with Gasteiger partial charge in [-0.05, 0) is 74.0 Å². The average molecular weight is 554 g/mol. The molecular weight excluding hydrogens is 532 g/mol. The summed E-state index contributed by atoms with van der Waals surface area (Å²) in [5.41, 5.74) is 2.23. The van der Waals surface area contributed by atoms with Crippen molar-refractivity contribution in [3.8, 4) is 11.5 Å². The van der Waals surface area contributed by atoms with Crippen molar-refractivity contribution in [2.45, 2.75) is 20.8 Å². The summed E-state index contributed by atoms with van der Waals surface area (Å²) >= 11 is 10.9. The first-order chi connectivity index (χ1) is 15.8. The summed E-state index contributed by atoms with van der Waals surface area (Å²) in [5.74, 6) is 0.110. The summed E-state index contributed by atoms with van der Waals surface area (Å²) in [5, 5.41) is 3.85. The van der Waals surface area contributed by atoms with E-state index in [-0.39, 0.29) is 19.1 Å². The molecule has 1 saturated heterocycles. The summed E-state index contributed by atoms with van der Waals surface area (Å²) < 4.78 is 16.8. The first-order valence-corrected chi connectivity index (χ1v) is 12.1. The number of thioether (sulfide) groups is 1. The second kappa shape index (κ2) is 11.6. The molecule has 1 heterocycles. The maximum atomic E-state index is 12.5. The molecule has 10 heteroatoms. The zero-order valence-corrected chi connectivity index (χ0v) is 21.4. The Labute approximate surface area is 209 Å². The third-order valence-corrected chi connectivity index (χ3v) is 6.42. The Balaban J connectivity index is 1.85. The smallest absolute Gasteiger partial charge is 0.344 e. The third-order valence-electron chi connectivity index (χ3n) is 4.41. The highest BCUT2D eigenvalue weighted by Gasteiger charge is 2.25. The van der Waals surface area contributed by atoms with Gasteiger partial charge in [-0.3, -0.25) is 4.79 Å². The quantitative estimate of drug-likeness (QED) is 0.336. The molecular formula is C23H22BrClN2O5S. The number of amides is 1. The number of carbonyl (C=O) groups is 2. The van der Waals surface area contributed by atoms with E-state index in [1.54, 1.807) is 31.2 Å². The number of halogens is 2. The van der Waals surface area contributed by atoms with Gasteiger partial charge in [0.2, 0.25) is 0 Å². The van der Waals surface area contributed by atoms with Gasteiger partial charge in [0.1, 0.15) is 0 Å². The molecule has 0 saturated carbocycles. The average Bonchev–Trinajstić information content (AvgIpc) is 3.11. The molecule has 174 valence electrons. The van der Waals surface area contributed by atoms with Crippen LogP contribution >= 0.6 is 39.3 Å². The van der Waals surface area contributed by atoms with Gasteiger partial charge in [-0.25, -0.2) is 9.79 Å². The highest BCUT2D eigenvalue weighted by atomic mass is 79.9. The molecule has 33 heavy (non-hydrogen) atoms. The second-order valence-electron chi connectivity index (χ2n) is 6.71. The molecule has 2 aromatic carbocycles. The van der Waals surface area contributed by atoms with E-state index < -0.39 is 5.97 Å². The van der Waals surface area contributed by atoms with Gasteiger partial charge in [0.05, 0.1) is 23.8 Å². The fourth-order valence-electron chi connectivity index (χ4n) is 2.83. The number of ether oxygens (including phenoxy) is 3. The van der Waals surface area contributed by atoms with Gasteiger partial charge in [0.25, 0.3) is 5.91 Å². The summed E-state index contributed by atoms with van der Waals surface area (Å²) in [6.45, 7) is 5.89. The SMILES string of the molecule is CCOC(=O)COc1cc(Br)c(/C=C2/SC(=Nc3cccc(Cl)c3C)NC2=O)cc1OCC. The van der Waals surface area contributed by atoms with E-state index in [0.29, 0.717) is 48.9 Å². The van der Waals surface area contributed by atoms with Crippen LogP contribution in [0.4, 0.5) is 5.69 Å². The molecule has 7 nitrogen and oxygen atoms in total. The van der Waals surface area contributed by atoms with Crippen LogP contribution in [0.3, 0.4) is 0 Å². The minimum absolute atomic E-state index is 0.234. The molecule has 0 aromatic heterocycles. The fraction of sp³-hybridized carbons (Fsp3) is 0.261. The van der Waals surface area contributed by atoms with Crippen LogP contribution in [0.2, 0.25) is 5.02 Å². The number of benzene rings is 2. The van der Waals surface area contributed by atoms with Gasteiger partial charge in [0.15, 0.2) is 23.3 Å². The zero-order chi connectivity index (χ0) is 24.0. The molecule has 3 rings (SSSR count). The number of hydrogen-bond donors (Lipinski definition) is 1. The number of nitrogens with one attached hydrogen (secondary N) is 1. The van der Waals surface area contributed by atoms with Crippen LogP contribution in [-0.2, 0) is 14.3 Å². The van der Waals surface area contributed by atoms with Gasteiger partial charge in [-0.1, -0.05) is 33.6 Å². The summed E-state index contributed by atoms with van der Waals surface area (Å²) in [6, 6.07) is 8.87. The molecule has 0 radical (unpaired) electrons. The number of nitrogens with zero attached hydrogens (tertiary/aromatic N) is 1. The Bertz CT molecular complexity index is 1140. The molecule has 0 bridgehead atoms. The van der Waals surface area contributed by atoms with Crippen LogP contribution in [0.1, 0.15) is 25.0 Å². The highest BCUT2D eigenvalue weighted by molar-refractivity contribution is 9.10. The number of hydrogen-bond acceptors (Lipinski definition) is 7.